The number of ether oxygens (including phenoxy) is 1. The molecule has 1 fully saturated rings. The van der Waals surface area contributed by atoms with E-state index < -0.39 is 0 Å². The second-order valence-electron chi connectivity index (χ2n) is 4.91. The molecule has 1 aromatic heterocycles. The first-order valence-corrected chi connectivity index (χ1v) is 6.80. The number of carbonyl (C=O) groups excluding carboxylic acids is 1. The van der Waals surface area contributed by atoms with Crippen molar-refractivity contribution in [3.63, 3.8) is 0 Å². The topological polar surface area (TPSA) is 76.1 Å². The van der Waals surface area contributed by atoms with Crippen molar-refractivity contribution in [3.05, 3.63) is 42.1 Å². The zero-order valence-electron chi connectivity index (χ0n) is 11.7. The van der Waals surface area contributed by atoms with Gasteiger partial charge in [-0.2, -0.15) is 0 Å². The van der Waals surface area contributed by atoms with E-state index in [1.54, 1.807) is 31.4 Å². The van der Waals surface area contributed by atoms with E-state index in [9.17, 15) is 4.79 Å². The number of hydrogen-bond donors (Lipinski definition) is 2. The molecule has 1 heterocycles. The molecule has 1 aliphatic carbocycles. The number of carbonyl (C=O) groups is 1. The Morgan fingerprint density at radius 1 is 1.24 bits per heavy atom. The fourth-order valence-electron chi connectivity index (χ4n) is 1.86. The number of hydrogen-bond acceptors (Lipinski definition) is 5. The molecule has 0 bridgehead atoms. The SMILES string of the molecule is COc1cccc(NC(=O)c2ccc(NC3CC3)nn2)c1. The summed E-state index contributed by atoms with van der Waals surface area (Å²) in [6.45, 7) is 0. The van der Waals surface area contributed by atoms with Crippen LogP contribution >= 0.6 is 0 Å². The maximum absolute atomic E-state index is 12.1. The average molecular weight is 284 g/mol. The van der Waals surface area contributed by atoms with Gasteiger partial charge >= 0.3 is 0 Å². The fourth-order valence-corrected chi connectivity index (χ4v) is 1.86. The highest BCUT2D eigenvalue weighted by atomic mass is 16.5. The van der Waals surface area contributed by atoms with Crippen molar-refractivity contribution in [2.75, 3.05) is 17.7 Å². The minimum Gasteiger partial charge on any atom is -0.497 e. The Labute approximate surface area is 122 Å². The highest BCUT2D eigenvalue weighted by molar-refractivity contribution is 6.02. The first-order valence-electron chi connectivity index (χ1n) is 6.80. The third kappa shape index (κ3) is 3.47. The van der Waals surface area contributed by atoms with Gasteiger partial charge in [0.25, 0.3) is 5.91 Å². The van der Waals surface area contributed by atoms with Crippen molar-refractivity contribution in [3.8, 4) is 5.75 Å². The molecule has 0 saturated heterocycles. The molecule has 1 aliphatic rings. The maximum Gasteiger partial charge on any atom is 0.276 e. The highest BCUT2D eigenvalue weighted by Gasteiger charge is 2.21. The smallest absolute Gasteiger partial charge is 0.276 e. The van der Waals surface area contributed by atoms with Gasteiger partial charge in [0, 0.05) is 17.8 Å². The molecule has 6 heteroatoms. The van der Waals surface area contributed by atoms with E-state index in [0.29, 0.717) is 23.3 Å². The number of benzene rings is 1. The summed E-state index contributed by atoms with van der Waals surface area (Å²) in [6.07, 6.45) is 2.33. The molecule has 2 N–H and O–H groups in total. The molecule has 108 valence electrons. The summed E-state index contributed by atoms with van der Waals surface area (Å²) in [5.41, 5.74) is 0.931. The number of aromatic nitrogens is 2. The molecule has 1 aromatic carbocycles. The minimum absolute atomic E-state index is 0.277. The van der Waals surface area contributed by atoms with E-state index in [-0.39, 0.29) is 11.6 Å². The summed E-state index contributed by atoms with van der Waals surface area (Å²) in [5, 5.41) is 13.9. The highest BCUT2D eigenvalue weighted by Crippen LogP contribution is 2.23. The van der Waals surface area contributed by atoms with Crippen LogP contribution in [0.25, 0.3) is 0 Å². The molecule has 0 radical (unpaired) electrons. The Kier molecular flexibility index (Phi) is 3.68. The molecule has 6 nitrogen and oxygen atoms in total. The van der Waals surface area contributed by atoms with Crippen molar-refractivity contribution in [1.82, 2.24) is 10.2 Å². The molecule has 0 atom stereocenters. The third-order valence-corrected chi connectivity index (χ3v) is 3.15. The number of rotatable bonds is 5. The first kappa shape index (κ1) is 13.4. The van der Waals surface area contributed by atoms with E-state index in [1.165, 1.54) is 12.8 Å². The lowest BCUT2D eigenvalue weighted by Gasteiger charge is -2.07. The summed E-state index contributed by atoms with van der Waals surface area (Å²) >= 11 is 0. The maximum atomic E-state index is 12.1. The Balaban J connectivity index is 1.66. The summed E-state index contributed by atoms with van der Waals surface area (Å²) in [4.78, 5) is 12.1. The van der Waals surface area contributed by atoms with Gasteiger partial charge in [0.2, 0.25) is 0 Å². The fraction of sp³-hybridized carbons (Fsp3) is 0.267. The second kappa shape index (κ2) is 5.78. The van der Waals surface area contributed by atoms with Crippen LogP contribution < -0.4 is 15.4 Å². The molecule has 0 spiro atoms. The Morgan fingerprint density at radius 3 is 2.76 bits per heavy atom. The van der Waals surface area contributed by atoms with Crippen LogP contribution in [-0.4, -0.2) is 29.3 Å². The third-order valence-electron chi connectivity index (χ3n) is 3.15. The van der Waals surface area contributed by atoms with Gasteiger partial charge in [-0.25, -0.2) is 0 Å². The van der Waals surface area contributed by atoms with Crippen LogP contribution in [0.1, 0.15) is 23.3 Å². The quantitative estimate of drug-likeness (QED) is 0.881. The lowest BCUT2D eigenvalue weighted by atomic mass is 10.3. The van der Waals surface area contributed by atoms with Crippen molar-refractivity contribution in [1.29, 1.82) is 0 Å². The van der Waals surface area contributed by atoms with Crippen LogP contribution in [0.5, 0.6) is 5.75 Å². The van der Waals surface area contributed by atoms with Gasteiger partial charge in [0.05, 0.1) is 7.11 Å². The molecule has 3 rings (SSSR count). The van der Waals surface area contributed by atoms with E-state index in [0.717, 1.165) is 0 Å². The predicted molar refractivity (Wildman–Crippen MR) is 79.6 cm³/mol. The molecule has 0 aliphatic heterocycles. The van der Waals surface area contributed by atoms with Crippen LogP contribution in [0.3, 0.4) is 0 Å². The number of anilines is 2. The standard InChI is InChI=1S/C15H16N4O2/c1-21-12-4-2-3-11(9-12)17-15(20)13-7-8-14(19-18-13)16-10-5-6-10/h2-4,7-10H,5-6H2,1H3,(H,16,19)(H,17,20). The molecule has 1 amide bonds. The summed E-state index contributed by atoms with van der Waals surface area (Å²) < 4.78 is 5.11. The van der Waals surface area contributed by atoms with Crippen molar-refractivity contribution >= 4 is 17.4 Å². The van der Waals surface area contributed by atoms with Gasteiger partial charge < -0.3 is 15.4 Å². The van der Waals surface area contributed by atoms with Crippen LogP contribution in [-0.2, 0) is 0 Å². The lowest BCUT2D eigenvalue weighted by molar-refractivity contribution is 0.102. The van der Waals surface area contributed by atoms with Gasteiger partial charge in [-0.15, -0.1) is 10.2 Å². The van der Waals surface area contributed by atoms with Crippen molar-refractivity contribution < 1.29 is 9.53 Å². The van der Waals surface area contributed by atoms with Crippen LogP contribution in [0.4, 0.5) is 11.5 Å². The number of nitrogens with zero attached hydrogens (tertiary/aromatic N) is 2. The van der Waals surface area contributed by atoms with Gasteiger partial charge in [-0.1, -0.05) is 6.07 Å². The Bertz CT molecular complexity index is 638. The average Bonchev–Trinajstić information content (AvgIpc) is 3.32. The lowest BCUT2D eigenvalue weighted by Crippen LogP contribution is -2.15. The van der Waals surface area contributed by atoms with E-state index >= 15 is 0 Å². The van der Waals surface area contributed by atoms with E-state index in [2.05, 4.69) is 20.8 Å². The number of nitrogens with one attached hydrogen (secondary N) is 2. The van der Waals surface area contributed by atoms with Crippen molar-refractivity contribution in [2.24, 2.45) is 0 Å². The zero-order valence-corrected chi connectivity index (χ0v) is 11.7. The van der Waals surface area contributed by atoms with E-state index in [4.69, 9.17) is 4.74 Å². The summed E-state index contributed by atoms with van der Waals surface area (Å²) in [5.74, 6) is 1.09. The predicted octanol–water partition coefficient (Wildman–Crippen LogP) is 2.31. The largest absolute Gasteiger partial charge is 0.497 e. The van der Waals surface area contributed by atoms with Crippen molar-refractivity contribution in [2.45, 2.75) is 18.9 Å². The second-order valence-corrected chi connectivity index (χ2v) is 4.91. The van der Waals surface area contributed by atoms with Gasteiger partial charge in [0.15, 0.2) is 5.69 Å². The number of amides is 1. The monoisotopic (exact) mass is 284 g/mol. The molecule has 2 aromatic rings. The van der Waals surface area contributed by atoms with Crippen LogP contribution in [0, 0.1) is 0 Å². The first-order chi connectivity index (χ1) is 10.2. The summed E-state index contributed by atoms with van der Waals surface area (Å²) in [7, 11) is 1.58. The molecular formula is C15H16N4O2. The van der Waals surface area contributed by atoms with Gasteiger partial charge in [-0.05, 0) is 37.1 Å². The Morgan fingerprint density at radius 2 is 2.10 bits per heavy atom. The zero-order chi connectivity index (χ0) is 14.7. The molecule has 1 saturated carbocycles. The van der Waals surface area contributed by atoms with E-state index in [1.807, 2.05) is 12.1 Å². The molecular weight excluding hydrogens is 268 g/mol. The van der Waals surface area contributed by atoms with Crippen LogP contribution in [0.15, 0.2) is 36.4 Å². The van der Waals surface area contributed by atoms with Crippen LogP contribution in [0.2, 0.25) is 0 Å². The summed E-state index contributed by atoms with van der Waals surface area (Å²) in [6, 6.07) is 11.1. The minimum atomic E-state index is -0.297. The normalized spacial score (nSPS) is 13.6. The number of methoxy groups -OCH3 is 1. The Hall–Kier alpha value is -2.63. The van der Waals surface area contributed by atoms with Gasteiger partial charge in [-0.3, -0.25) is 4.79 Å². The van der Waals surface area contributed by atoms with Gasteiger partial charge in [0.1, 0.15) is 11.6 Å². The molecule has 21 heavy (non-hydrogen) atoms. The molecule has 0 unspecified atom stereocenters.